The highest BCUT2D eigenvalue weighted by Gasteiger charge is 2.30. The van der Waals surface area contributed by atoms with Crippen LogP contribution in [-0.2, 0) is 10.9 Å². The van der Waals surface area contributed by atoms with E-state index >= 15 is 0 Å². The lowest BCUT2D eigenvalue weighted by atomic mass is 10.1. The van der Waals surface area contributed by atoms with Crippen molar-refractivity contribution < 1.29 is 22.3 Å². The van der Waals surface area contributed by atoms with Gasteiger partial charge in [-0.15, -0.1) is 0 Å². The summed E-state index contributed by atoms with van der Waals surface area (Å²) in [5.41, 5.74) is 4.02. The van der Waals surface area contributed by atoms with Gasteiger partial charge in [-0.25, -0.2) is 14.8 Å². The first-order chi connectivity index (χ1) is 16.3. The van der Waals surface area contributed by atoms with Gasteiger partial charge in [0.1, 0.15) is 0 Å². The minimum absolute atomic E-state index is 0.124. The molecule has 34 heavy (non-hydrogen) atoms. The molecule has 2 N–H and O–H groups in total. The van der Waals surface area contributed by atoms with E-state index in [4.69, 9.17) is 4.74 Å². The molecule has 2 aromatic heterocycles. The van der Waals surface area contributed by atoms with Gasteiger partial charge in [0.15, 0.2) is 11.6 Å². The fraction of sp³-hybridized carbons (Fsp3) is 0.273. The average Bonchev–Trinajstić information content (AvgIpc) is 2.82. The standard InChI is InChI=1S/C22H21F4N7O/c1-14-9-17(27-13-19(14)30-16-4-2-3-15(10-16)22(24,25)26)11-29-32-21-28-12-18(23)20(31-21)33-5-7-34-8-6-33/h2-4,9-13,30H,5-8H2,1H3,(H,28,31,32)/b29-11+. The van der Waals surface area contributed by atoms with Crippen LogP contribution in [0.2, 0.25) is 0 Å². The number of rotatable bonds is 6. The molecule has 1 aliphatic rings. The van der Waals surface area contributed by atoms with E-state index in [0.717, 1.165) is 23.9 Å². The number of nitrogens with one attached hydrogen (secondary N) is 2. The van der Waals surface area contributed by atoms with Crippen molar-refractivity contribution in [3.05, 3.63) is 65.4 Å². The molecule has 0 amide bonds. The number of aromatic nitrogens is 3. The monoisotopic (exact) mass is 475 g/mol. The first-order valence-electron chi connectivity index (χ1n) is 10.3. The number of ether oxygens (including phenoxy) is 1. The number of alkyl halides is 3. The van der Waals surface area contributed by atoms with Gasteiger partial charge in [0.25, 0.3) is 0 Å². The molecule has 8 nitrogen and oxygen atoms in total. The lowest BCUT2D eigenvalue weighted by molar-refractivity contribution is -0.137. The van der Waals surface area contributed by atoms with Crippen LogP contribution in [0.1, 0.15) is 16.8 Å². The quantitative estimate of drug-likeness (QED) is 0.311. The van der Waals surface area contributed by atoms with E-state index in [1.165, 1.54) is 18.5 Å². The Morgan fingerprint density at radius 3 is 2.65 bits per heavy atom. The number of hydrogen-bond acceptors (Lipinski definition) is 8. The molecule has 0 atom stereocenters. The van der Waals surface area contributed by atoms with Crippen molar-refractivity contribution in [2.45, 2.75) is 13.1 Å². The average molecular weight is 475 g/mol. The summed E-state index contributed by atoms with van der Waals surface area (Å²) >= 11 is 0. The zero-order chi connectivity index (χ0) is 24.1. The molecule has 0 spiro atoms. The zero-order valence-corrected chi connectivity index (χ0v) is 18.1. The number of nitrogens with zero attached hydrogens (tertiary/aromatic N) is 5. The van der Waals surface area contributed by atoms with Crippen molar-refractivity contribution in [2.75, 3.05) is 41.9 Å². The van der Waals surface area contributed by atoms with Crippen LogP contribution in [0, 0.1) is 12.7 Å². The van der Waals surface area contributed by atoms with Crippen LogP contribution in [0.4, 0.5) is 40.7 Å². The van der Waals surface area contributed by atoms with Crippen molar-refractivity contribution in [3.8, 4) is 0 Å². The Labute approximate surface area is 192 Å². The van der Waals surface area contributed by atoms with Gasteiger partial charge in [-0.3, -0.25) is 4.98 Å². The zero-order valence-electron chi connectivity index (χ0n) is 18.1. The Bertz CT molecular complexity index is 1180. The summed E-state index contributed by atoms with van der Waals surface area (Å²) in [5.74, 6) is -0.230. The lowest BCUT2D eigenvalue weighted by Crippen LogP contribution is -2.37. The highest BCUT2D eigenvalue weighted by atomic mass is 19.4. The lowest BCUT2D eigenvalue weighted by Gasteiger charge is -2.27. The van der Waals surface area contributed by atoms with Gasteiger partial charge in [0.2, 0.25) is 5.95 Å². The van der Waals surface area contributed by atoms with Crippen LogP contribution in [0.5, 0.6) is 0 Å². The number of hydrogen-bond donors (Lipinski definition) is 2. The van der Waals surface area contributed by atoms with E-state index in [9.17, 15) is 17.6 Å². The molecule has 0 saturated carbocycles. The first-order valence-corrected chi connectivity index (χ1v) is 10.3. The molecular formula is C22H21F4N7O. The maximum Gasteiger partial charge on any atom is 0.416 e. The molecule has 1 aromatic carbocycles. The van der Waals surface area contributed by atoms with Gasteiger partial charge in [-0.1, -0.05) is 6.07 Å². The molecule has 3 heterocycles. The fourth-order valence-electron chi connectivity index (χ4n) is 3.27. The van der Waals surface area contributed by atoms with Crippen molar-refractivity contribution in [1.29, 1.82) is 0 Å². The Morgan fingerprint density at radius 2 is 1.91 bits per heavy atom. The van der Waals surface area contributed by atoms with Gasteiger partial charge in [-0.05, 0) is 36.8 Å². The molecule has 4 rings (SSSR count). The van der Waals surface area contributed by atoms with Gasteiger partial charge in [0.05, 0.1) is 48.8 Å². The minimum Gasteiger partial charge on any atom is -0.378 e. The Hall–Kier alpha value is -3.80. The Morgan fingerprint density at radius 1 is 1.12 bits per heavy atom. The molecule has 0 radical (unpaired) electrons. The van der Waals surface area contributed by atoms with Crippen LogP contribution >= 0.6 is 0 Å². The minimum atomic E-state index is -4.42. The Kier molecular flexibility index (Phi) is 6.87. The summed E-state index contributed by atoms with van der Waals surface area (Å²) in [6, 6.07) is 6.64. The van der Waals surface area contributed by atoms with E-state index in [2.05, 4.69) is 30.8 Å². The predicted molar refractivity (Wildman–Crippen MR) is 120 cm³/mol. The maximum atomic E-state index is 14.1. The van der Waals surface area contributed by atoms with E-state index in [-0.39, 0.29) is 11.8 Å². The van der Waals surface area contributed by atoms with E-state index in [0.29, 0.717) is 43.4 Å². The summed E-state index contributed by atoms with van der Waals surface area (Å²) in [7, 11) is 0. The third-order valence-electron chi connectivity index (χ3n) is 5.00. The molecular weight excluding hydrogens is 454 g/mol. The number of halogens is 4. The van der Waals surface area contributed by atoms with Crippen molar-refractivity contribution in [1.82, 2.24) is 15.0 Å². The number of benzene rings is 1. The number of aryl methyl sites for hydroxylation is 1. The van der Waals surface area contributed by atoms with Gasteiger partial charge < -0.3 is 15.0 Å². The third-order valence-corrected chi connectivity index (χ3v) is 5.00. The summed E-state index contributed by atoms with van der Waals surface area (Å²) in [5, 5.41) is 6.99. The van der Waals surface area contributed by atoms with E-state index < -0.39 is 17.6 Å². The molecule has 12 heteroatoms. The normalized spacial score (nSPS) is 14.4. The number of pyridine rings is 1. The largest absolute Gasteiger partial charge is 0.416 e. The topological polar surface area (TPSA) is 87.6 Å². The van der Waals surface area contributed by atoms with Gasteiger partial charge in [-0.2, -0.15) is 23.3 Å². The second-order valence-corrected chi connectivity index (χ2v) is 7.46. The third kappa shape index (κ3) is 5.76. The summed E-state index contributed by atoms with van der Waals surface area (Å²) < 4.78 is 58.1. The van der Waals surface area contributed by atoms with Gasteiger partial charge in [0, 0.05) is 18.8 Å². The highest BCUT2D eigenvalue weighted by molar-refractivity contribution is 5.79. The first kappa shape index (κ1) is 23.4. The van der Waals surface area contributed by atoms with E-state index in [1.54, 1.807) is 24.0 Å². The van der Waals surface area contributed by atoms with Crippen LogP contribution < -0.4 is 15.6 Å². The summed E-state index contributed by atoms with van der Waals surface area (Å²) in [6.45, 7) is 3.84. The van der Waals surface area contributed by atoms with Crippen LogP contribution in [0.3, 0.4) is 0 Å². The molecule has 0 aliphatic carbocycles. The predicted octanol–water partition coefficient (Wildman–Crippen LogP) is 4.36. The van der Waals surface area contributed by atoms with Crippen molar-refractivity contribution >= 4 is 29.4 Å². The molecule has 1 aliphatic heterocycles. The second-order valence-electron chi connectivity index (χ2n) is 7.46. The summed E-state index contributed by atoms with van der Waals surface area (Å²) in [4.78, 5) is 14.1. The fourth-order valence-corrected chi connectivity index (χ4v) is 3.27. The number of anilines is 4. The number of hydrazone groups is 1. The molecule has 0 bridgehead atoms. The van der Waals surface area contributed by atoms with E-state index in [1.807, 2.05) is 0 Å². The Balaban J connectivity index is 1.41. The van der Waals surface area contributed by atoms with Crippen LogP contribution in [0.15, 0.2) is 47.8 Å². The smallest absolute Gasteiger partial charge is 0.378 e. The van der Waals surface area contributed by atoms with Crippen molar-refractivity contribution in [2.24, 2.45) is 5.10 Å². The molecule has 1 saturated heterocycles. The molecule has 3 aromatic rings. The number of morpholine rings is 1. The van der Waals surface area contributed by atoms with Gasteiger partial charge >= 0.3 is 6.18 Å². The molecule has 0 unspecified atom stereocenters. The second kappa shape index (κ2) is 10.00. The molecule has 178 valence electrons. The maximum absolute atomic E-state index is 14.1. The van der Waals surface area contributed by atoms with Crippen LogP contribution in [-0.4, -0.2) is 47.5 Å². The summed E-state index contributed by atoms with van der Waals surface area (Å²) in [6.07, 6.45) is -0.411. The molecule has 1 fully saturated rings. The SMILES string of the molecule is Cc1cc(/C=N/Nc2ncc(F)c(N3CCOCC3)n2)ncc1Nc1cccc(C(F)(F)F)c1. The highest BCUT2D eigenvalue weighted by Crippen LogP contribution is 2.31. The van der Waals surface area contributed by atoms with Crippen molar-refractivity contribution in [3.63, 3.8) is 0 Å². The van der Waals surface area contributed by atoms with Crippen LogP contribution in [0.25, 0.3) is 0 Å².